The molecule has 1 aliphatic heterocycles. The molecule has 1 saturated heterocycles. The van der Waals surface area contributed by atoms with Crippen LogP contribution in [0.2, 0.25) is 0 Å². The second-order valence-corrected chi connectivity index (χ2v) is 1.82. The van der Waals surface area contributed by atoms with Crippen molar-refractivity contribution in [2.45, 2.75) is 6.42 Å². The summed E-state index contributed by atoms with van der Waals surface area (Å²) in [5, 5.41) is 0. The number of carbonyl (C=O) groups excluding carboxylic acids is 1. The van der Waals surface area contributed by atoms with E-state index in [4.69, 9.17) is 11.5 Å². The molecule has 50 valence electrons. The molecule has 0 bridgehead atoms. The maximum absolute atomic E-state index is 10.6. The molecule has 0 aromatic carbocycles. The van der Waals surface area contributed by atoms with Crippen molar-refractivity contribution in [3.8, 4) is 0 Å². The number of rotatable bonds is 0. The molecule has 1 rings (SSSR count). The largest absolute Gasteiger partial charge is 0.462 e. The van der Waals surface area contributed by atoms with E-state index >= 15 is 0 Å². The van der Waals surface area contributed by atoms with Crippen LogP contribution in [0.5, 0.6) is 0 Å². The van der Waals surface area contributed by atoms with Gasteiger partial charge in [0.25, 0.3) is 0 Å². The molecule has 1 fully saturated rings. The molecule has 0 aromatic heterocycles. The van der Waals surface area contributed by atoms with Crippen LogP contribution in [0.15, 0.2) is 11.4 Å². The van der Waals surface area contributed by atoms with Gasteiger partial charge < -0.3 is 16.2 Å². The lowest BCUT2D eigenvalue weighted by molar-refractivity contribution is -0.135. The summed E-state index contributed by atoms with van der Waals surface area (Å²) in [5.74, 6) is -0.299. The quantitative estimate of drug-likeness (QED) is 0.326. The predicted octanol–water partition coefficient (Wildman–Crippen LogP) is -0.938. The summed E-state index contributed by atoms with van der Waals surface area (Å²) in [6.07, 6.45) is 0.543. The Balaban J connectivity index is 2.83. The van der Waals surface area contributed by atoms with Crippen molar-refractivity contribution in [3.63, 3.8) is 0 Å². The summed E-state index contributed by atoms with van der Waals surface area (Å²) < 4.78 is 4.57. The minimum absolute atomic E-state index is 0.0810. The predicted molar refractivity (Wildman–Crippen MR) is 31.0 cm³/mol. The Morgan fingerprint density at radius 2 is 2.22 bits per heavy atom. The summed E-state index contributed by atoms with van der Waals surface area (Å²) in [4.78, 5) is 10.6. The van der Waals surface area contributed by atoms with Crippen molar-refractivity contribution < 1.29 is 9.53 Å². The van der Waals surface area contributed by atoms with E-state index in [0.717, 1.165) is 0 Å². The average molecular weight is 128 g/mol. The van der Waals surface area contributed by atoms with E-state index in [1.165, 1.54) is 0 Å². The molecule has 0 aliphatic carbocycles. The van der Waals surface area contributed by atoms with Gasteiger partial charge in [0.2, 0.25) is 0 Å². The second kappa shape index (κ2) is 1.97. The Hall–Kier alpha value is -1.19. The molecule has 1 aliphatic rings. The lowest BCUT2D eigenvalue weighted by atomic mass is 10.2. The second-order valence-electron chi connectivity index (χ2n) is 1.82. The number of carbonyl (C=O) groups is 1. The maximum Gasteiger partial charge on any atom is 0.337 e. The molecule has 0 saturated carbocycles. The first-order chi connectivity index (χ1) is 4.22. The topological polar surface area (TPSA) is 78.3 Å². The van der Waals surface area contributed by atoms with Crippen LogP contribution in [0.4, 0.5) is 0 Å². The van der Waals surface area contributed by atoms with Crippen LogP contribution in [-0.2, 0) is 9.53 Å². The molecule has 0 unspecified atom stereocenters. The molecular weight excluding hydrogens is 120 g/mol. The Morgan fingerprint density at radius 1 is 1.56 bits per heavy atom. The van der Waals surface area contributed by atoms with Crippen LogP contribution in [0.25, 0.3) is 0 Å². The molecule has 4 N–H and O–H groups in total. The highest BCUT2D eigenvalue weighted by molar-refractivity contribution is 5.90. The number of nitrogens with two attached hydrogens (primary N) is 2. The first kappa shape index (κ1) is 5.94. The Morgan fingerprint density at radius 3 is 2.44 bits per heavy atom. The molecule has 0 spiro atoms. The standard InChI is InChI=1S/C5H8N2O2/c6-4(7)3-1-2-9-5(3)8/h1-2,6-7H2. The summed E-state index contributed by atoms with van der Waals surface area (Å²) in [5.41, 5.74) is 10.7. The van der Waals surface area contributed by atoms with Crippen LogP contribution in [0.3, 0.4) is 0 Å². The van der Waals surface area contributed by atoms with Crippen molar-refractivity contribution in [2.24, 2.45) is 11.5 Å². The molecule has 0 amide bonds. The minimum atomic E-state index is -0.380. The lowest BCUT2D eigenvalue weighted by Crippen LogP contribution is -2.14. The van der Waals surface area contributed by atoms with E-state index in [-0.39, 0.29) is 11.8 Å². The van der Waals surface area contributed by atoms with Crippen LogP contribution < -0.4 is 11.5 Å². The highest BCUT2D eigenvalue weighted by atomic mass is 16.5. The first-order valence-electron chi connectivity index (χ1n) is 2.63. The third-order valence-corrected chi connectivity index (χ3v) is 1.18. The smallest absolute Gasteiger partial charge is 0.337 e. The molecular formula is C5H8N2O2. The van der Waals surface area contributed by atoms with Gasteiger partial charge in [0.1, 0.15) is 5.82 Å². The Labute approximate surface area is 52.5 Å². The molecule has 0 radical (unpaired) electrons. The van der Waals surface area contributed by atoms with Gasteiger partial charge in [-0.15, -0.1) is 0 Å². The molecule has 4 nitrogen and oxygen atoms in total. The molecule has 4 heteroatoms. The zero-order valence-electron chi connectivity index (χ0n) is 4.89. The monoisotopic (exact) mass is 128 g/mol. The van der Waals surface area contributed by atoms with Crippen LogP contribution in [-0.4, -0.2) is 12.6 Å². The average Bonchev–Trinajstić information content (AvgIpc) is 2.13. The first-order valence-corrected chi connectivity index (χ1v) is 2.63. The third-order valence-electron chi connectivity index (χ3n) is 1.18. The fraction of sp³-hybridized carbons (Fsp3) is 0.400. The Bertz CT molecular complexity index is 170. The number of esters is 1. The minimum Gasteiger partial charge on any atom is -0.462 e. The number of ether oxygens (including phenoxy) is 1. The maximum atomic E-state index is 10.6. The summed E-state index contributed by atoms with van der Waals surface area (Å²) in [6.45, 7) is 0.409. The Kier molecular flexibility index (Phi) is 1.30. The molecule has 9 heavy (non-hydrogen) atoms. The van der Waals surface area contributed by atoms with Crippen LogP contribution >= 0.6 is 0 Å². The van der Waals surface area contributed by atoms with Crippen molar-refractivity contribution in [3.05, 3.63) is 11.4 Å². The molecule has 1 heterocycles. The van der Waals surface area contributed by atoms with Crippen molar-refractivity contribution >= 4 is 5.97 Å². The number of cyclic esters (lactones) is 1. The van der Waals surface area contributed by atoms with Gasteiger partial charge in [-0.05, 0) is 0 Å². The zero-order chi connectivity index (χ0) is 6.85. The van der Waals surface area contributed by atoms with Gasteiger partial charge in [-0.25, -0.2) is 4.79 Å². The van der Waals surface area contributed by atoms with Gasteiger partial charge in [0, 0.05) is 6.42 Å². The van der Waals surface area contributed by atoms with Gasteiger partial charge in [-0.2, -0.15) is 0 Å². The van der Waals surface area contributed by atoms with Crippen LogP contribution in [0.1, 0.15) is 6.42 Å². The van der Waals surface area contributed by atoms with Crippen LogP contribution in [0, 0.1) is 0 Å². The summed E-state index contributed by atoms with van der Waals surface area (Å²) in [6, 6.07) is 0. The van der Waals surface area contributed by atoms with Crippen molar-refractivity contribution in [2.75, 3.05) is 6.61 Å². The zero-order valence-corrected chi connectivity index (χ0v) is 4.89. The van der Waals surface area contributed by atoms with E-state index in [1.807, 2.05) is 0 Å². The van der Waals surface area contributed by atoms with Gasteiger partial charge in [0.05, 0.1) is 12.2 Å². The lowest BCUT2D eigenvalue weighted by Gasteiger charge is -1.92. The van der Waals surface area contributed by atoms with E-state index in [1.54, 1.807) is 0 Å². The van der Waals surface area contributed by atoms with Gasteiger partial charge in [-0.3, -0.25) is 0 Å². The van der Waals surface area contributed by atoms with E-state index < -0.39 is 0 Å². The van der Waals surface area contributed by atoms with Crippen molar-refractivity contribution in [1.29, 1.82) is 0 Å². The number of hydrogen-bond donors (Lipinski definition) is 2. The van der Waals surface area contributed by atoms with E-state index in [2.05, 4.69) is 4.74 Å². The van der Waals surface area contributed by atoms with Gasteiger partial charge in [0.15, 0.2) is 0 Å². The third kappa shape index (κ3) is 0.960. The number of hydrogen-bond acceptors (Lipinski definition) is 4. The summed E-state index contributed by atoms with van der Waals surface area (Å²) >= 11 is 0. The van der Waals surface area contributed by atoms with Gasteiger partial charge >= 0.3 is 5.97 Å². The fourth-order valence-electron chi connectivity index (χ4n) is 0.697. The highest BCUT2D eigenvalue weighted by Gasteiger charge is 2.20. The SMILES string of the molecule is NC(N)=C1CCOC1=O. The van der Waals surface area contributed by atoms with E-state index in [9.17, 15) is 4.79 Å². The highest BCUT2D eigenvalue weighted by Crippen LogP contribution is 2.12. The van der Waals surface area contributed by atoms with Crippen molar-refractivity contribution in [1.82, 2.24) is 0 Å². The molecule has 0 aromatic rings. The van der Waals surface area contributed by atoms with E-state index in [0.29, 0.717) is 18.6 Å². The van der Waals surface area contributed by atoms with Gasteiger partial charge in [-0.1, -0.05) is 0 Å². The molecule has 0 atom stereocenters. The normalized spacial score (nSPS) is 17.8. The fourth-order valence-corrected chi connectivity index (χ4v) is 0.697. The summed E-state index contributed by atoms with van der Waals surface area (Å²) in [7, 11) is 0.